The zero-order valence-electron chi connectivity index (χ0n) is 12.2. The fourth-order valence-corrected chi connectivity index (χ4v) is 2.93. The van der Waals surface area contributed by atoms with Crippen molar-refractivity contribution in [3.8, 4) is 0 Å². The van der Waals surface area contributed by atoms with E-state index in [1.807, 2.05) is 31.3 Å². The van der Waals surface area contributed by atoms with Gasteiger partial charge in [0.15, 0.2) is 0 Å². The topological polar surface area (TPSA) is 72.9 Å². The molecule has 1 aliphatic rings. The molecule has 3 N–H and O–H groups in total. The summed E-state index contributed by atoms with van der Waals surface area (Å²) in [6.07, 6.45) is 4.19. The fourth-order valence-electron chi connectivity index (χ4n) is 2.93. The maximum Gasteiger partial charge on any atom is 0.274 e. The van der Waals surface area contributed by atoms with E-state index in [0.29, 0.717) is 12.2 Å². The van der Waals surface area contributed by atoms with E-state index in [1.54, 1.807) is 4.68 Å². The van der Waals surface area contributed by atoms with E-state index < -0.39 is 0 Å². The molecular weight excluding hydrogens is 264 g/mol. The van der Waals surface area contributed by atoms with Crippen LogP contribution in [0.25, 0.3) is 0 Å². The smallest absolute Gasteiger partial charge is 0.274 e. The first kappa shape index (κ1) is 13.8. The molecule has 5 heteroatoms. The molecule has 110 valence electrons. The molecule has 0 saturated carbocycles. The molecular formula is C16H20N4O. The highest BCUT2D eigenvalue weighted by Crippen LogP contribution is 2.24. The van der Waals surface area contributed by atoms with E-state index >= 15 is 0 Å². The van der Waals surface area contributed by atoms with E-state index in [1.165, 1.54) is 0 Å². The van der Waals surface area contributed by atoms with Crippen LogP contribution in [0, 0.1) is 0 Å². The minimum atomic E-state index is -0.0951. The second-order valence-corrected chi connectivity index (χ2v) is 5.46. The number of nitrogens with one attached hydrogen (secondary N) is 1. The molecule has 3 rings (SSSR count). The Balaban J connectivity index is 1.87. The molecule has 0 saturated heterocycles. The van der Waals surface area contributed by atoms with Crippen molar-refractivity contribution in [1.82, 2.24) is 9.78 Å². The van der Waals surface area contributed by atoms with E-state index in [4.69, 9.17) is 5.73 Å². The summed E-state index contributed by atoms with van der Waals surface area (Å²) in [5.74, 6) is -0.0951. The Morgan fingerprint density at radius 3 is 3.00 bits per heavy atom. The molecule has 1 aromatic heterocycles. The molecule has 5 nitrogen and oxygen atoms in total. The van der Waals surface area contributed by atoms with Crippen molar-refractivity contribution in [1.29, 1.82) is 0 Å². The largest absolute Gasteiger partial charge is 0.326 e. The van der Waals surface area contributed by atoms with E-state index in [-0.39, 0.29) is 5.91 Å². The Labute approximate surface area is 124 Å². The van der Waals surface area contributed by atoms with Gasteiger partial charge in [-0.15, -0.1) is 0 Å². The predicted molar refractivity (Wildman–Crippen MR) is 82.1 cm³/mol. The predicted octanol–water partition coefficient (Wildman–Crippen LogP) is 2.01. The molecule has 0 unspecified atom stereocenters. The van der Waals surface area contributed by atoms with Crippen LogP contribution >= 0.6 is 0 Å². The van der Waals surface area contributed by atoms with E-state index in [2.05, 4.69) is 10.4 Å². The Bertz CT molecular complexity index is 675. The van der Waals surface area contributed by atoms with Gasteiger partial charge in [0.05, 0.1) is 5.69 Å². The van der Waals surface area contributed by atoms with Gasteiger partial charge in [0.1, 0.15) is 5.69 Å². The number of aryl methyl sites for hydroxylation is 2. The number of amides is 1. The van der Waals surface area contributed by atoms with Crippen molar-refractivity contribution in [3.63, 3.8) is 0 Å². The molecule has 0 spiro atoms. The first-order chi connectivity index (χ1) is 10.2. The SMILES string of the molecule is Cn1nc2c(c1C(=O)Nc1cccc(CN)c1)CCCC2. The van der Waals surface area contributed by atoms with Gasteiger partial charge in [-0.05, 0) is 43.4 Å². The van der Waals surface area contributed by atoms with Crippen molar-refractivity contribution in [2.24, 2.45) is 12.8 Å². The number of nitrogens with two attached hydrogens (primary N) is 1. The highest BCUT2D eigenvalue weighted by Gasteiger charge is 2.23. The Morgan fingerprint density at radius 1 is 1.38 bits per heavy atom. The van der Waals surface area contributed by atoms with Gasteiger partial charge in [0.25, 0.3) is 5.91 Å². The molecule has 21 heavy (non-hydrogen) atoms. The minimum Gasteiger partial charge on any atom is -0.326 e. The van der Waals surface area contributed by atoms with Gasteiger partial charge in [0.2, 0.25) is 0 Å². The van der Waals surface area contributed by atoms with Gasteiger partial charge in [-0.3, -0.25) is 9.48 Å². The Morgan fingerprint density at radius 2 is 2.19 bits per heavy atom. The summed E-state index contributed by atoms with van der Waals surface area (Å²) in [7, 11) is 1.84. The van der Waals surface area contributed by atoms with Crippen LogP contribution in [0.2, 0.25) is 0 Å². The number of hydrogen-bond acceptors (Lipinski definition) is 3. The molecule has 1 heterocycles. The molecule has 0 radical (unpaired) electrons. The van der Waals surface area contributed by atoms with Gasteiger partial charge in [-0.1, -0.05) is 12.1 Å². The zero-order valence-corrected chi connectivity index (χ0v) is 12.2. The average Bonchev–Trinajstić information content (AvgIpc) is 2.83. The normalized spacial score (nSPS) is 13.8. The lowest BCUT2D eigenvalue weighted by Gasteiger charge is -2.12. The van der Waals surface area contributed by atoms with Crippen LogP contribution in [-0.4, -0.2) is 15.7 Å². The lowest BCUT2D eigenvalue weighted by molar-refractivity contribution is 0.101. The van der Waals surface area contributed by atoms with Crippen molar-refractivity contribution >= 4 is 11.6 Å². The third-order valence-electron chi connectivity index (χ3n) is 3.95. The molecule has 0 fully saturated rings. The highest BCUT2D eigenvalue weighted by atomic mass is 16.2. The summed E-state index contributed by atoms with van der Waals surface area (Å²) < 4.78 is 1.71. The van der Waals surface area contributed by atoms with Crippen molar-refractivity contribution in [3.05, 3.63) is 46.8 Å². The first-order valence-corrected chi connectivity index (χ1v) is 7.34. The lowest BCUT2D eigenvalue weighted by Crippen LogP contribution is -2.18. The van der Waals surface area contributed by atoms with Crippen LogP contribution in [0.3, 0.4) is 0 Å². The van der Waals surface area contributed by atoms with Gasteiger partial charge in [-0.2, -0.15) is 5.10 Å². The van der Waals surface area contributed by atoms with Gasteiger partial charge in [-0.25, -0.2) is 0 Å². The molecule has 0 bridgehead atoms. The molecule has 1 aromatic carbocycles. The number of hydrogen-bond donors (Lipinski definition) is 2. The number of nitrogens with zero attached hydrogens (tertiary/aromatic N) is 2. The number of benzene rings is 1. The van der Waals surface area contributed by atoms with Crippen LogP contribution in [0.15, 0.2) is 24.3 Å². The molecule has 0 aliphatic heterocycles. The van der Waals surface area contributed by atoms with Gasteiger partial charge >= 0.3 is 0 Å². The number of rotatable bonds is 3. The third kappa shape index (κ3) is 2.69. The number of carbonyl (C=O) groups is 1. The van der Waals surface area contributed by atoms with Crippen molar-refractivity contribution in [2.45, 2.75) is 32.2 Å². The van der Waals surface area contributed by atoms with Crippen LogP contribution in [-0.2, 0) is 26.4 Å². The van der Waals surface area contributed by atoms with Crippen LogP contribution in [0.4, 0.5) is 5.69 Å². The molecule has 2 aromatic rings. The van der Waals surface area contributed by atoms with Gasteiger partial charge in [0, 0.05) is 24.8 Å². The number of fused-ring (bicyclic) bond motifs is 1. The van der Waals surface area contributed by atoms with Crippen LogP contribution in [0.1, 0.15) is 40.2 Å². The van der Waals surface area contributed by atoms with Crippen LogP contribution in [0.5, 0.6) is 0 Å². The summed E-state index contributed by atoms with van der Waals surface area (Å²) >= 11 is 0. The van der Waals surface area contributed by atoms with Crippen molar-refractivity contribution in [2.75, 3.05) is 5.32 Å². The summed E-state index contributed by atoms with van der Waals surface area (Å²) in [4.78, 5) is 12.6. The highest BCUT2D eigenvalue weighted by molar-refractivity contribution is 6.04. The third-order valence-corrected chi connectivity index (χ3v) is 3.95. The lowest BCUT2D eigenvalue weighted by atomic mass is 9.95. The number of carbonyl (C=O) groups excluding carboxylic acids is 1. The van der Waals surface area contributed by atoms with Crippen molar-refractivity contribution < 1.29 is 4.79 Å². The molecule has 1 amide bonds. The maximum absolute atomic E-state index is 12.6. The summed E-state index contributed by atoms with van der Waals surface area (Å²) in [5, 5.41) is 7.44. The fraction of sp³-hybridized carbons (Fsp3) is 0.375. The standard InChI is InChI=1S/C16H20N4O/c1-20-15(13-7-2-3-8-14(13)19-20)16(21)18-12-6-4-5-11(9-12)10-17/h4-6,9H,2-3,7-8,10,17H2,1H3,(H,18,21). The number of aromatic nitrogens is 2. The Kier molecular flexibility index (Phi) is 3.75. The number of anilines is 1. The molecule has 1 aliphatic carbocycles. The zero-order chi connectivity index (χ0) is 14.8. The summed E-state index contributed by atoms with van der Waals surface area (Å²) in [6.45, 7) is 0.463. The van der Waals surface area contributed by atoms with Gasteiger partial charge < -0.3 is 11.1 Å². The quantitative estimate of drug-likeness (QED) is 0.905. The second kappa shape index (κ2) is 5.69. The summed E-state index contributed by atoms with van der Waals surface area (Å²) in [6, 6.07) is 7.62. The Hall–Kier alpha value is -2.14. The average molecular weight is 284 g/mol. The maximum atomic E-state index is 12.6. The van der Waals surface area contributed by atoms with Crippen LogP contribution < -0.4 is 11.1 Å². The minimum absolute atomic E-state index is 0.0951. The molecule has 0 atom stereocenters. The van der Waals surface area contributed by atoms with E-state index in [9.17, 15) is 4.79 Å². The summed E-state index contributed by atoms with van der Waals surface area (Å²) in [5.41, 5.74) is 10.3. The monoisotopic (exact) mass is 284 g/mol. The second-order valence-electron chi connectivity index (χ2n) is 5.46. The first-order valence-electron chi connectivity index (χ1n) is 7.34. The van der Waals surface area contributed by atoms with E-state index in [0.717, 1.165) is 48.2 Å².